The fourth-order valence-electron chi connectivity index (χ4n) is 1.57. The van der Waals surface area contributed by atoms with Crippen LogP contribution >= 0.6 is 0 Å². The third-order valence-electron chi connectivity index (χ3n) is 2.41. The number of urea groups is 1. The molecule has 1 aromatic carbocycles. The van der Waals surface area contributed by atoms with Gasteiger partial charge in [0.05, 0.1) is 0 Å². The monoisotopic (exact) mass is 282 g/mol. The number of carbonyl (C=O) groups is 2. The van der Waals surface area contributed by atoms with Gasteiger partial charge in [-0.05, 0) is 38.1 Å². The molecular weight excluding hydrogens is 264 g/mol. The molecule has 0 aliphatic rings. The van der Waals surface area contributed by atoms with Crippen LogP contribution < -0.4 is 10.6 Å². The Morgan fingerprint density at radius 3 is 2.32 bits per heavy atom. The molecule has 2 atom stereocenters. The SMILES string of the molecule is CC(=O)c1ccc(NC(=O)NC(C)CS(C)=O)cc1. The van der Waals surface area contributed by atoms with Crippen molar-refractivity contribution in [1.82, 2.24) is 5.32 Å². The van der Waals surface area contributed by atoms with Crippen molar-refractivity contribution in [2.75, 3.05) is 17.3 Å². The molecule has 0 spiro atoms. The second-order valence-corrected chi connectivity index (χ2v) is 5.85. The van der Waals surface area contributed by atoms with Crippen molar-refractivity contribution in [2.45, 2.75) is 19.9 Å². The van der Waals surface area contributed by atoms with Gasteiger partial charge in [-0.25, -0.2) is 4.79 Å². The van der Waals surface area contributed by atoms with Crippen molar-refractivity contribution in [2.24, 2.45) is 0 Å². The molecule has 2 amide bonds. The first-order chi connectivity index (χ1) is 8.88. The minimum absolute atomic E-state index is 0.0185. The number of benzene rings is 1. The van der Waals surface area contributed by atoms with E-state index in [1.807, 2.05) is 0 Å². The molecule has 0 radical (unpaired) electrons. The summed E-state index contributed by atoms with van der Waals surface area (Å²) in [4.78, 5) is 22.7. The van der Waals surface area contributed by atoms with Crippen molar-refractivity contribution < 1.29 is 13.8 Å². The van der Waals surface area contributed by atoms with Gasteiger partial charge < -0.3 is 10.6 Å². The summed E-state index contributed by atoms with van der Waals surface area (Å²) < 4.78 is 11.0. The molecule has 1 aromatic rings. The number of nitrogens with one attached hydrogen (secondary N) is 2. The van der Waals surface area contributed by atoms with E-state index in [1.165, 1.54) is 6.92 Å². The van der Waals surface area contributed by atoms with Crippen molar-refractivity contribution in [1.29, 1.82) is 0 Å². The Labute approximate surface area is 115 Å². The lowest BCUT2D eigenvalue weighted by atomic mass is 10.1. The van der Waals surface area contributed by atoms with Crippen LogP contribution in [0.3, 0.4) is 0 Å². The van der Waals surface area contributed by atoms with Crippen LogP contribution in [0.4, 0.5) is 10.5 Å². The van der Waals surface area contributed by atoms with Crippen LogP contribution in [0.1, 0.15) is 24.2 Å². The van der Waals surface area contributed by atoms with E-state index < -0.39 is 10.8 Å². The minimum Gasteiger partial charge on any atom is -0.334 e. The number of Topliss-reactive ketones (excluding diaryl/α,β-unsaturated/α-hetero) is 1. The Bertz CT molecular complexity index is 485. The van der Waals surface area contributed by atoms with Crippen molar-refractivity contribution in [3.8, 4) is 0 Å². The third-order valence-corrected chi connectivity index (χ3v) is 3.38. The third kappa shape index (κ3) is 5.65. The summed E-state index contributed by atoms with van der Waals surface area (Å²) in [5.74, 6) is 0.395. The average molecular weight is 282 g/mol. The van der Waals surface area contributed by atoms with Gasteiger partial charge in [-0.3, -0.25) is 9.00 Å². The van der Waals surface area contributed by atoms with Crippen LogP contribution in [0.2, 0.25) is 0 Å². The Morgan fingerprint density at radius 2 is 1.84 bits per heavy atom. The number of hydrogen-bond donors (Lipinski definition) is 2. The van der Waals surface area contributed by atoms with E-state index in [2.05, 4.69) is 10.6 Å². The number of hydrogen-bond acceptors (Lipinski definition) is 3. The first-order valence-corrected chi connectivity index (χ1v) is 7.59. The van der Waals surface area contributed by atoms with E-state index in [-0.39, 0.29) is 17.9 Å². The molecule has 2 unspecified atom stereocenters. The van der Waals surface area contributed by atoms with E-state index in [1.54, 1.807) is 37.4 Å². The van der Waals surface area contributed by atoms with Crippen LogP contribution in [0.15, 0.2) is 24.3 Å². The van der Waals surface area contributed by atoms with Crippen molar-refractivity contribution in [3.63, 3.8) is 0 Å². The summed E-state index contributed by atoms with van der Waals surface area (Å²) in [6, 6.07) is 6.12. The highest BCUT2D eigenvalue weighted by atomic mass is 32.2. The number of carbonyl (C=O) groups excluding carboxylic acids is 2. The molecule has 0 aliphatic carbocycles. The average Bonchev–Trinajstić information content (AvgIpc) is 2.27. The van der Waals surface area contributed by atoms with Crippen LogP contribution in [-0.4, -0.2) is 34.1 Å². The molecule has 0 heterocycles. The van der Waals surface area contributed by atoms with Gasteiger partial charge in [0.1, 0.15) is 0 Å². The highest BCUT2D eigenvalue weighted by molar-refractivity contribution is 7.84. The summed E-state index contributed by atoms with van der Waals surface area (Å²) in [6.07, 6.45) is 1.59. The Kier molecular flexibility index (Phi) is 5.69. The van der Waals surface area contributed by atoms with E-state index in [9.17, 15) is 13.8 Å². The number of anilines is 1. The topological polar surface area (TPSA) is 75.3 Å². The highest BCUT2D eigenvalue weighted by Gasteiger charge is 2.09. The largest absolute Gasteiger partial charge is 0.334 e. The van der Waals surface area contributed by atoms with Gasteiger partial charge in [0.25, 0.3) is 0 Å². The van der Waals surface area contributed by atoms with Gasteiger partial charge >= 0.3 is 6.03 Å². The molecule has 0 fully saturated rings. The summed E-state index contributed by atoms with van der Waals surface area (Å²) >= 11 is 0. The van der Waals surface area contributed by atoms with E-state index in [4.69, 9.17) is 0 Å². The van der Waals surface area contributed by atoms with Crippen LogP contribution in [0, 0.1) is 0 Å². The molecule has 19 heavy (non-hydrogen) atoms. The van der Waals surface area contributed by atoms with Crippen molar-refractivity contribution in [3.05, 3.63) is 29.8 Å². The molecule has 0 aromatic heterocycles. The zero-order chi connectivity index (χ0) is 14.4. The summed E-state index contributed by atoms with van der Waals surface area (Å²) in [7, 11) is -0.947. The zero-order valence-corrected chi connectivity index (χ0v) is 12.0. The molecule has 2 N–H and O–H groups in total. The standard InChI is InChI=1S/C13H18N2O3S/c1-9(8-19(3)18)14-13(17)15-12-6-4-11(5-7-12)10(2)16/h4-7,9H,8H2,1-3H3,(H2,14,15,17). The summed E-state index contributed by atoms with van der Waals surface area (Å²) in [5, 5.41) is 5.34. The Hall–Kier alpha value is -1.69. The lowest BCUT2D eigenvalue weighted by molar-refractivity contribution is 0.101. The number of ketones is 1. The number of rotatable bonds is 5. The second kappa shape index (κ2) is 7.04. The Balaban J connectivity index is 2.52. The van der Waals surface area contributed by atoms with Crippen molar-refractivity contribution >= 4 is 28.3 Å². The molecule has 104 valence electrons. The highest BCUT2D eigenvalue weighted by Crippen LogP contribution is 2.09. The van der Waals surface area contributed by atoms with Crippen LogP contribution in [0.25, 0.3) is 0 Å². The van der Waals surface area contributed by atoms with Gasteiger partial charge in [0.15, 0.2) is 5.78 Å². The second-order valence-electron chi connectivity index (χ2n) is 4.37. The molecule has 0 bridgehead atoms. The fourth-order valence-corrected chi connectivity index (χ4v) is 2.36. The molecule has 0 saturated heterocycles. The predicted molar refractivity (Wildman–Crippen MR) is 77.0 cm³/mol. The first kappa shape index (κ1) is 15.4. The maximum absolute atomic E-state index is 11.6. The fraction of sp³-hybridized carbons (Fsp3) is 0.385. The molecule has 1 rings (SSSR count). The molecule has 6 heteroatoms. The quantitative estimate of drug-likeness (QED) is 0.808. The van der Waals surface area contributed by atoms with Gasteiger partial charge in [0, 0.05) is 40.1 Å². The maximum Gasteiger partial charge on any atom is 0.319 e. The molecule has 5 nitrogen and oxygen atoms in total. The van der Waals surface area contributed by atoms with Crippen LogP contribution in [-0.2, 0) is 10.8 Å². The predicted octanol–water partition coefficient (Wildman–Crippen LogP) is 1.78. The van der Waals surface area contributed by atoms with Gasteiger partial charge in [0.2, 0.25) is 0 Å². The normalized spacial score (nSPS) is 13.4. The summed E-state index contributed by atoms with van der Waals surface area (Å²) in [5.41, 5.74) is 1.20. The lowest BCUT2D eigenvalue weighted by Gasteiger charge is -2.13. The van der Waals surface area contributed by atoms with E-state index in [0.717, 1.165) is 0 Å². The van der Waals surface area contributed by atoms with Gasteiger partial charge in [-0.1, -0.05) is 0 Å². The molecule has 0 saturated carbocycles. The van der Waals surface area contributed by atoms with Gasteiger partial charge in [-0.15, -0.1) is 0 Å². The van der Waals surface area contributed by atoms with Crippen LogP contribution in [0.5, 0.6) is 0 Å². The smallest absolute Gasteiger partial charge is 0.319 e. The lowest BCUT2D eigenvalue weighted by Crippen LogP contribution is -2.39. The summed E-state index contributed by atoms with van der Waals surface area (Å²) in [6.45, 7) is 3.28. The zero-order valence-electron chi connectivity index (χ0n) is 11.2. The maximum atomic E-state index is 11.6. The molecule has 0 aliphatic heterocycles. The number of amides is 2. The Morgan fingerprint density at radius 1 is 1.26 bits per heavy atom. The molecular formula is C13H18N2O3S. The van der Waals surface area contributed by atoms with Gasteiger partial charge in [-0.2, -0.15) is 0 Å². The van der Waals surface area contributed by atoms with E-state index >= 15 is 0 Å². The minimum atomic E-state index is -0.947. The van der Waals surface area contributed by atoms with E-state index in [0.29, 0.717) is 17.0 Å². The first-order valence-electron chi connectivity index (χ1n) is 5.87.